The summed E-state index contributed by atoms with van der Waals surface area (Å²) in [7, 11) is 0. The fourth-order valence-electron chi connectivity index (χ4n) is 2.12. The van der Waals surface area contributed by atoms with Gasteiger partial charge in [0, 0.05) is 11.1 Å². The molecule has 0 amide bonds. The van der Waals surface area contributed by atoms with E-state index in [1.165, 1.54) is 11.8 Å². The third-order valence-electron chi connectivity index (χ3n) is 3.12. The van der Waals surface area contributed by atoms with E-state index >= 15 is 0 Å². The quantitative estimate of drug-likeness (QED) is 0.763. The average molecular weight is 345 g/mol. The molecule has 1 atom stereocenters. The van der Waals surface area contributed by atoms with E-state index in [2.05, 4.69) is 22.7 Å². The number of imidazole rings is 1. The first-order valence-electron chi connectivity index (χ1n) is 6.54. The van der Waals surface area contributed by atoms with Crippen LogP contribution in [0, 0.1) is 0 Å². The highest BCUT2D eigenvalue weighted by molar-refractivity contribution is 7.99. The Morgan fingerprint density at radius 2 is 2.29 bits per heavy atom. The molecule has 0 bridgehead atoms. The van der Waals surface area contributed by atoms with Crippen LogP contribution in [-0.2, 0) is 4.79 Å². The molecule has 0 aliphatic carbocycles. The zero-order chi connectivity index (χ0) is 15.4. The molecule has 1 aromatic heterocycles. The van der Waals surface area contributed by atoms with Crippen molar-refractivity contribution >= 4 is 52.1 Å². The Hall–Kier alpha value is -0.850. The lowest BCUT2D eigenvalue weighted by molar-refractivity contribution is -0.133. The Morgan fingerprint density at radius 3 is 2.95 bits per heavy atom. The summed E-state index contributed by atoms with van der Waals surface area (Å²) in [5, 5.41) is 10.3. The lowest BCUT2D eigenvalue weighted by Gasteiger charge is -2.16. The minimum absolute atomic E-state index is 0.00625. The molecular formula is C14H17ClN2O2S2. The average Bonchev–Trinajstić information content (AvgIpc) is 2.79. The monoisotopic (exact) mass is 344 g/mol. The summed E-state index contributed by atoms with van der Waals surface area (Å²) in [6.07, 6.45) is 3.09. The molecule has 1 N–H and O–H groups in total. The summed E-state index contributed by atoms with van der Waals surface area (Å²) in [5.41, 5.74) is 1.81. The summed E-state index contributed by atoms with van der Waals surface area (Å²) in [6.45, 7) is 2.14. The zero-order valence-corrected chi connectivity index (χ0v) is 14.3. The molecule has 1 unspecified atom stereocenters. The summed E-state index contributed by atoms with van der Waals surface area (Å²) in [5.74, 6) is 0.220. The largest absolute Gasteiger partial charge is 0.481 e. The lowest BCUT2D eigenvalue weighted by Crippen LogP contribution is -2.09. The van der Waals surface area contributed by atoms with Crippen molar-refractivity contribution in [1.82, 2.24) is 9.55 Å². The fourth-order valence-corrected chi connectivity index (χ4v) is 3.70. The van der Waals surface area contributed by atoms with Gasteiger partial charge in [0.1, 0.15) is 0 Å². The number of rotatable bonds is 7. The number of benzene rings is 1. The predicted octanol–water partition coefficient (Wildman–Crippen LogP) is 4.18. The highest BCUT2D eigenvalue weighted by atomic mass is 35.5. The van der Waals surface area contributed by atoms with E-state index in [1.54, 1.807) is 11.8 Å². The molecule has 4 nitrogen and oxygen atoms in total. The van der Waals surface area contributed by atoms with Crippen LogP contribution in [0.5, 0.6) is 0 Å². The Balaban J connectivity index is 2.41. The maximum absolute atomic E-state index is 10.8. The Morgan fingerprint density at radius 1 is 1.52 bits per heavy atom. The molecule has 0 aliphatic heterocycles. The summed E-state index contributed by atoms with van der Waals surface area (Å²) in [6, 6.07) is 5.87. The van der Waals surface area contributed by atoms with E-state index in [1.807, 2.05) is 18.2 Å². The van der Waals surface area contributed by atoms with Crippen molar-refractivity contribution in [3.8, 4) is 0 Å². The highest BCUT2D eigenvalue weighted by Gasteiger charge is 2.17. The second-order valence-corrected chi connectivity index (χ2v) is 7.07. The van der Waals surface area contributed by atoms with Gasteiger partial charge in [0.15, 0.2) is 5.16 Å². The molecule has 114 valence electrons. The minimum atomic E-state index is -0.839. The van der Waals surface area contributed by atoms with E-state index in [-0.39, 0.29) is 11.8 Å². The van der Waals surface area contributed by atoms with Crippen LogP contribution in [0.25, 0.3) is 11.0 Å². The zero-order valence-electron chi connectivity index (χ0n) is 11.9. The SMILES string of the molecule is CSCCC(C)n1c(SCC(=O)O)nc2cc(Cl)ccc21. The Labute approximate surface area is 137 Å². The molecule has 1 heterocycles. The van der Waals surface area contributed by atoms with Crippen molar-refractivity contribution in [3.63, 3.8) is 0 Å². The smallest absolute Gasteiger partial charge is 0.313 e. The first kappa shape index (κ1) is 16.5. The molecule has 1 aromatic carbocycles. The first-order chi connectivity index (χ1) is 10.0. The van der Waals surface area contributed by atoms with Crippen LogP contribution in [0.3, 0.4) is 0 Å². The van der Waals surface area contributed by atoms with E-state index in [0.29, 0.717) is 5.02 Å². The molecule has 0 radical (unpaired) electrons. The van der Waals surface area contributed by atoms with Gasteiger partial charge in [-0.05, 0) is 43.6 Å². The molecule has 2 rings (SSSR count). The van der Waals surface area contributed by atoms with Crippen LogP contribution in [-0.4, -0.2) is 38.4 Å². The summed E-state index contributed by atoms with van der Waals surface area (Å²) < 4.78 is 2.12. The summed E-state index contributed by atoms with van der Waals surface area (Å²) in [4.78, 5) is 15.4. The number of carboxylic acid groups (broad SMARTS) is 1. The topological polar surface area (TPSA) is 55.1 Å². The van der Waals surface area contributed by atoms with Gasteiger partial charge in [-0.2, -0.15) is 11.8 Å². The van der Waals surface area contributed by atoms with Crippen molar-refractivity contribution in [2.75, 3.05) is 17.8 Å². The van der Waals surface area contributed by atoms with Gasteiger partial charge in [0.2, 0.25) is 0 Å². The number of aromatic nitrogens is 2. The first-order valence-corrected chi connectivity index (χ1v) is 9.29. The van der Waals surface area contributed by atoms with E-state index in [0.717, 1.165) is 28.4 Å². The highest BCUT2D eigenvalue weighted by Crippen LogP contribution is 2.30. The Bertz CT molecular complexity index is 645. The van der Waals surface area contributed by atoms with E-state index < -0.39 is 5.97 Å². The number of nitrogens with zero attached hydrogens (tertiary/aromatic N) is 2. The molecule has 0 aliphatic rings. The van der Waals surface area contributed by atoms with Gasteiger partial charge in [-0.1, -0.05) is 23.4 Å². The van der Waals surface area contributed by atoms with Crippen LogP contribution >= 0.6 is 35.1 Å². The van der Waals surface area contributed by atoms with Crippen LogP contribution in [0.15, 0.2) is 23.4 Å². The van der Waals surface area contributed by atoms with E-state index in [4.69, 9.17) is 16.7 Å². The third kappa shape index (κ3) is 4.08. The molecule has 0 fully saturated rings. The summed E-state index contributed by atoms with van der Waals surface area (Å²) >= 11 is 9.07. The van der Waals surface area contributed by atoms with Crippen molar-refractivity contribution in [2.24, 2.45) is 0 Å². The van der Waals surface area contributed by atoms with Gasteiger partial charge >= 0.3 is 5.97 Å². The molecule has 2 aromatic rings. The number of thioether (sulfide) groups is 2. The second kappa shape index (κ2) is 7.42. The second-order valence-electron chi connectivity index (χ2n) is 4.71. The van der Waals surface area contributed by atoms with Gasteiger partial charge in [-0.3, -0.25) is 4.79 Å². The molecular weight excluding hydrogens is 328 g/mol. The third-order valence-corrected chi connectivity index (χ3v) is 4.94. The number of hydrogen-bond donors (Lipinski definition) is 1. The fraction of sp³-hybridized carbons (Fsp3) is 0.429. The van der Waals surface area contributed by atoms with Crippen LogP contribution in [0.1, 0.15) is 19.4 Å². The minimum Gasteiger partial charge on any atom is -0.481 e. The van der Waals surface area contributed by atoms with Crippen molar-refractivity contribution in [2.45, 2.75) is 24.5 Å². The lowest BCUT2D eigenvalue weighted by atomic mass is 10.2. The van der Waals surface area contributed by atoms with E-state index in [9.17, 15) is 4.79 Å². The number of fused-ring (bicyclic) bond motifs is 1. The van der Waals surface area contributed by atoms with Crippen molar-refractivity contribution in [3.05, 3.63) is 23.2 Å². The molecule has 0 saturated carbocycles. The van der Waals surface area contributed by atoms with Gasteiger partial charge in [-0.25, -0.2) is 4.98 Å². The normalized spacial score (nSPS) is 12.7. The van der Waals surface area contributed by atoms with Crippen molar-refractivity contribution < 1.29 is 9.90 Å². The molecule has 7 heteroatoms. The molecule has 0 saturated heterocycles. The number of halogens is 1. The molecule has 0 spiro atoms. The van der Waals surface area contributed by atoms with Crippen LogP contribution in [0.4, 0.5) is 0 Å². The maximum Gasteiger partial charge on any atom is 0.313 e. The van der Waals surface area contributed by atoms with Gasteiger partial charge in [-0.15, -0.1) is 0 Å². The molecule has 21 heavy (non-hydrogen) atoms. The predicted molar refractivity (Wildman–Crippen MR) is 90.8 cm³/mol. The number of carbonyl (C=O) groups is 1. The van der Waals surface area contributed by atoms with Crippen molar-refractivity contribution in [1.29, 1.82) is 0 Å². The van der Waals surface area contributed by atoms with Crippen LogP contribution < -0.4 is 0 Å². The van der Waals surface area contributed by atoms with Crippen LogP contribution in [0.2, 0.25) is 5.02 Å². The maximum atomic E-state index is 10.8. The standard InChI is InChI=1S/C14H17ClN2O2S2/c1-9(5-6-20-2)17-12-4-3-10(15)7-11(12)16-14(17)21-8-13(18)19/h3-4,7,9H,5-6,8H2,1-2H3,(H,18,19). The van der Waals surface area contributed by atoms with Gasteiger partial charge < -0.3 is 9.67 Å². The van der Waals surface area contributed by atoms with Gasteiger partial charge in [0.05, 0.1) is 16.8 Å². The number of aliphatic carboxylic acids is 1. The Kier molecular flexibility index (Phi) is 5.84. The number of carboxylic acids is 1. The number of hydrogen-bond acceptors (Lipinski definition) is 4. The van der Waals surface area contributed by atoms with Gasteiger partial charge in [0.25, 0.3) is 0 Å².